The molecule has 1 aromatic heterocycles. The zero-order valence-corrected chi connectivity index (χ0v) is 17.0. The molecule has 0 saturated carbocycles. The molecule has 2 aromatic carbocycles. The first-order valence-corrected chi connectivity index (χ1v) is 10.8. The minimum absolute atomic E-state index is 0.192. The van der Waals surface area contributed by atoms with Gasteiger partial charge in [-0.15, -0.1) is 0 Å². The third-order valence-corrected chi connectivity index (χ3v) is 6.22. The molecule has 0 amide bonds. The summed E-state index contributed by atoms with van der Waals surface area (Å²) in [5.74, 6) is -0.455. The largest absolute Gasteiger partial charge is 0.481 e. The molecule has 1 N–H and O–H groups in total. The number of rotatable bonds is 8. The van der Waals surface area contributed by atoms with E-state index < -0.39 is 17.9 Å². The van der Waals surface area contributed by atoms with Crippen LogP contribution in [0.15, 0.2) is 58.1 Å². The average molecular weight is 405 g/mol. The second-order valence-corrected chi connectivity index (χ2v) is 8.24. The van der Waals surface area contributed by atoms with Crippen molar-refractivity contribution in [2.75, 3.05) is 0 Å². The summed E-state index contributed by atoms with van der Waals surface area (Å²) in [7, 11) is 0. The van der Waals surface area contributed by atoms with E-state index >= 15 is 0 Å². The molecule has 156 valence electrons. The van der Waals surface area contributed by atoms with Crippen LogP contribution in [0.5, 0.6) is 0 Å². The number of nitroso groups, excluding NO2 is 1. The van der Waals surface area contributed by atoms with E-state index in [1.807, 2.05) is 48.5 Å². The van der Waals surface area contributed by atoms with Gasteiger partial charge < -0.3 is 9.52 Å². The van der Waals surface area contributed by atoms with Crippen molar-refractivity contribution in [2.45, 2.75) is 57.4 Å². The van der Waals surface area contributed by atoms with Crippen LogP contribution in [-0.2, 0) is 24.1 Å². The summed E-state index contributed by atoms with van der Waals surface area (Å²) in [6.07, 6.45) is 6.84. The molecule has 0 aliphatic heterocycles. The predicted octanol–water partition coefficient (Wildman–Crippen LogP) is 6.23. The summed E-state index contributed by atoms with van der Waals surface area (Å²) in [5.41, 5.74) is 3.89. The molecule has 0 bridgehead atoms. The van der Waals surface area contributed by atoms with Gasteiger partial charge in [0.1, 0.15) is 17.4 Å². The zero-order chi connectivity index (χ0) is 20.9. The van der Waals surface area contributed by atoms with Crippen molar-refractivity contribution < 1.29 is 14.3 Å². The van der Waals surface area contributed by atoms with Gasteiger partial charge in [0, 0.05) is 17.4 Å². The zero-order valence-electron chi connectivity index (χ0n) is 17.0. The van der Waals surface area contributed by atoms with Crippen LogP contribution in [0.3, 0.4) is 0 Å². The first-order chi connectivity index (χ1) is 14.7. The quantitative estimate of drug-likeness (QED) is 0.356. The van der Waals surface area contributed by atoms with Crippen LogP contribution >= 0.6 is 0 Å². The maximum absolute atomic E-state index is 11.8. The fourth-order valence-corrected chi connectivity index (χ4v) is 4.50. The molecule has 3 aromatic rings. The number of furan rings is 1. The van der Waals surface area contributed by atoms with Gasteiger partial charge in [0.2, 0.25) is 0 Å². The van der Waals surface area contributed by atoms with Gasteiger partial charge in [0.25, 0.3) is 0 Å². The minimum atomic E-state index is -0.884. The number of carboxylic acid groups (broad SMARTS) is 1. The van der Waals surface area contributed by atoms with E-state index in [0.29, 0.717) is 12.8 Å². The van der Waals surface area contributed by atoms with Crippen LogP contribution in [0.25, 0.3) is 11.0 Å². The van der Waals surface area contributed by atoms with Crippen LogP contribution in [0, 0.1) is 10.8 Å². The third kappa shape index (κ3) is 4.45. The molecule has 0 saturated heterocycles. The monoisotopic (exact) mass is 405 g/mol. The molecule has 5 heteroatoms. The lowest BCUT2D eigenvalue weighted by Crippen LogP contribution is -2.17. The third-order valence-electron chi connectivity index (χ3n) is 6.22. The van der Waals surface area contributed by atoms with Crippen LogP contribution in [-0.4, -0.2) is 11.1 Å². The highest BCUT2D eigenvalue weighted by atomic mass is 16.4. The number of nitrogens with zero attached hydrogens (tertiary/aromatic N) is 1. The van der Waals surface area contributed by atoms with Crippen molar-refractivity contribution in [1.82, 2.24) is 0 Å². The number of hydrogen-bond donors (Lipinski definition) is 1. The van der Waals surface area contributed by atoms with Crippen LogP contribution in [0.4, 0.5) is 0 Å². The molecular weight excluding hydrogens is 378 g/mol. The lowest BCUT2D eigenvalue weighted by molar-refractivity contribution is -0.142. The second kappa shape index (κ2) is 9.24. The first-order valence-electron chi connectivity index (χ1n) is 10.8. The molecular formula is C25H27NO4. The number of benzene rings is 2. The fourth-order valence-electron chi connectivity index (χ4n) is 4.50. The van der Waals surface area contributed by atoms with Crippen LogP contribution in [0.2, 0.25) is 0 Å². The Morgan fingerprint density at radius 2 is 1.87 bits per heavy atom. The molecule has 2 atom stereocenters. The highest BCUT2D eigenvalue weighted by Gasteiger charge is 2.25. The van der Waals surface area contributed by atoms with E-state index in [1.54, 1.807) is 0 Å². The Morgan fingerprint density at radius 3 is 2.63 bits per heavy atom. The second-order valence-electron chi connectivity index (χ2n) is 8.24. The Bertz CT molecular complexity index is 1020. The molecule has 0 spiro atoms. The van der Waals surface area contributed by atoms with E-state index in [-0.39, 0.29) is 6.42 Å². The number of hydrogen-bond acceptors (Lipinski definition) is 4. The van der Waals surface area contributed by atoms with E-state index in [1.165, 1.54) is 18.4 Å². The molecule has 4 rings (SSSR count). The van der Waals surface area contributed by atoms with Gasteiger partial charge in [-0.2, -0.15) is 4.91 Å². The van der Waals surface area contributed by atoms with Gasteiger partial charge in [-0.05, 0) is 55.7 Å². The van der Waals surface area contributed by atoms with E-state index in [2.05, 4.69) is 5.18 Å². The molecule has 5 nitrogen and oxygen atoms in total. The summed E-state index contributed by atoms with van der Waals surface area (Å²) >= 11 is 0. The topological polar surface area (TPSA) is 79.9 Å². The van der Waals surface area contributed by atoms with Crippen molar-refractivity contribution in [3.63, 3.8) is 0 Å². The SMILES string of the molecule is O=NC(CC(CCc1ccccc1)C(=O)O)c1ccc2c3c(oc2c1)CCCCC3. The normalized spacial score (nSPS) is 15.9. The van der Waals surface area contributed by atoms with Crippen molar-refractivity contribution in [1.29, 1.82) is 0 Å². The van der Waals surface area contributed by atoms with Crippen molar-refractivity contribution in [3.05, 3.63) is 75.9 Å². The van der Waals surface area contributed by atoms with Crippen molar-refractivity contribution in [3.8, 4) is 0 Å². The van der Waals surface area contributed by atoms with Crippen LogP contribution in [0.1, 0.15) is 60.6 Å². The number of fused-ring (bicyclic) bond motifs is 3. The highest BCUT2D eigenvalue weighted by Crippen LogP contribution is 2.35. The van der Waals surface area contributed by atoms with E-state index in [0.717, 1.165) is 47.1 Å². The number of aliphatic carboxylic acids is 1. The number of carbonyl (C=O) groups is 1. The van der Waals surface area contributed by atoms with E-state index in [4.69, 9.17) is 4.42 Å². The van der Waals surface area contributed by atoms with Gasteiger partial charge in [-0.25, -0.2) is 0 Å². The van der Waals surface area contributed by atoms with Crippen molar-refractivity contribution >= 4 is 16.9 Å². The lowest BCUT2D eigenvalue weighted by atomic mass is 9.90. The molecule has 30 heavy (non-hydrogen) atoms. The molecule has 0 radical (unpaired) electrons. The summed E-state index contributed by atoms with van der Waals surface area (Å²) in [5, 5.41) is 14.1. The predicted molar refractivity (Wildman–Crippen MR) is 117 cm³/mol. The maximum Gasteiger partial charge on any atom is 0.306 e. The summed E-state index contributed by atoms with van der Waals surface area (Å²) < 4.78 is 6.10. The first kappa shape index (κ1) is 20.3. The summed E-state index contributed by atoms with van der Waals surface area (Å²) in [6, 6.07) is 14.9. The standard InChI is InChI=1S/C25H27NO4/c27-25(28)19(12-11-17-7-3-1-4-8-17)15-22(26-29)18-13-14-21-20-9-5-2-6-10-23(20)30-24(21)16-18/h1,3-4,7-8,13-14,16,19,22H,2,5-6,9-12,15H2,(H,27,28). The Labute approximate surface area is 176 Å². The van der Waals surface area contributed by atoms with Gasteiger partial charge in [0.15, 0.2) is 0 Å². The van der Waals surface area contributed by atoms with Gasteiger partial charge in [-0.1, -0.05) is 54.1 Å². The molecule has 1 aliphatic carbocycles. The smallest absolute Gasteiger partial charge is 0.306 e. The Kier molecular flexibility index (Phi) is 6.26. The summed E-state index contributed by atoms with van der Waals surface area (Å²) in [6.45, 7) is 0. The van der Waals surface area contributed by atoms with Gasteiger partial charge >= 0.3 is 5.97 Å². The maximum atomic E-state index is 11.8. The van der Waals surface area contributed by atoms with Crippen molar-refractivity contribution in [2.24, 2.45) is 11.1 Å². The fraction of sp³-hybridized carbons (Fsp3) is 0.400. The number of carboxylic acids is 1. The lowest BCUT2D eigenvalue weighted by Gasteiger charge is -2.16. The Morgan fingerprint density at radius 1 is 1.07 bits per heavy atom. The highest BCUT2D eigenvalue weighted by molar-refractivity contribution is 5.83. The molecule has 1 aliphatic rings. The molecule has 1 heterocycles. The minimum Gasteiger partial charge on any atom is -0.481 e. The summed E-state index contributed by atoms with van der Waals surface area (Å²) in [4.78, 5) is 23.5. The van der Waals surface area contributed by atoms with E-state index in [9.17, 15) is 14.8 Å². The van der Waals surface area contributed by atoms with Gasteiger partial charge in [0.05, 0.1) is 5.92 Å². The number of aryl methyl sites for hydroxylation is 3. The Balaban J connectivity index is 1.52. The van der Waals surface area contributed by atoms with Crippen LogP contribution < -0.4 is 0 Å². The molecule has 2 unspecified atom stereocenters. The average Bonchev–Trinajstić information content (AvgIpc) is 2.94. The Hall–Kier alpha value is -2.95. The van der Waals surface area contributed by atoms with Gasteiger partial charge in [-0.3, -0.25) is 4.79 Å². The molecule has 0 fully saturated rings.